The third-order valence-corrected chi connectivity index (χ3v) is 8.36. The van der Waals surface area contributed by atoms with E-state index in [2.05, 4.69) is 16.0 Å². The average Bonchev–Trinajstić information content (AvgIpc) is 3.00. The Balaban J connectivity index is 2.25. The highest BCUT2D eigenvalue weighted by Crippen LogP contribution is 2.29. The molecule has 2 aromatic rings. The summed E-state index contributed by atoms with van der Waals surface area (Å²) in [5, 5.41) is 30.2. The van der Waals surface area contributed by atoms with Gasteiger partial charge >= 0.3 is 6.09 Å². The van der Waals surface area contributed by atoms with Crippen molar-refractivity contribution >= 4 is 23.8 Å². The highest BCUT2D eigenvalue weighted by atomic mass is 16.4. The molecule has 4 atom stereocenters. The largest absolute Gasteiger partial charge is 0.465 e. The molecule has 10 nitrogen and oxygen atoms in total. The molecule has 2 rings (SSSR count). The first-order valence-electron chi connectivity index (χ1n) is 16.3. The maximum atomic E-state index is 13.8. The Kier molecular flexibility index (Phi) is 15.2. The van der Waals surface area contributed by atoms with Crippen molar-refractivity contribution in [1.82, 2.24) is 20.9 Å². The molecule has 0 heterocycles. The van der Waals surface area contributed by atoms with Crippen LogP contribution in [0, 0.1) is 17.3 Å². The Morgan fingerprint density at radius 3 is 1.85 bits per heavy atom. The van der Waals surface area contributed by atoms with Crippen molar-refractivity contribution in [3.8, 4) is 0 Å². The summed E-state index contributed by atoms with van der Waals surface area (Å²) < 4.78 is 0. The number of aliphatic hydroxyl groups excluding tert-OH is 1. The van der Waals surface area contributed by atoms with Gasteiger partial charge in [-0.05, 0) is 41.7 Å². The Bertz CT molecular complexity index is 1240. The van der Waals surface area contributed by atoms with Crippen molar-refractivity contribution in [3.05, 3.63) is 71.8 Å². The molecule has 4 amide bonds. The minimum atomic E-state index is -1.23. The van der Waals surface area contributed by atoms with E-state index >= 15 is 0 Å². The summed E-state index contributed by atoms with van der Waals surface area (Å²) in [4.78, 5) is 53.5. The number of rotatable bonds is 17. The number of nitrogens with one attached hydrogen (secondary N) is 3. The van der Waals surface area contributed by atoms with Crippen LogP contribution >= 0.6 is 0 Å². The average molecular weight is 639 g/mol. The molecule has 5 N–H and O–H groups in total. The van der Waals surface area contributed by atoms with Crippen molar-refractivity contribution < 1.29 is 29.4 Å². The van der Waals surface area contributed by atoms with E-state index in [1.807, 2.05) is 83.1 Å². The maximum absolute atomic E-state index is 13.8. The van der Waals surface area contributed by atoms with Crippen molar-refractivity contribution in [2.75, 3.05) is 6.54 Å². The quantitative estimate of drug-likeness (QED) is 0.169. The molecule has 0 aromatic heterocycles. The van der Waals surface area contributed by atoms with Crippen LogP contribution in [-0.4, -0.2) is 69.7 Å². The molecule has 0 fully saturated rings. The van der Waals surface area contributed by atoms with E-state index in [1.165, 1.54) is 0 Å². The van der Waals surface area contributed by atoms with E-state index in [-0.39, 0.29) is 49.7 Å². The Hall–Kier alpha value is -3.92. The molecule has 0 saturated carbocycles. The van der Waals surface area contributed by atoms with E-state index in [4.69, 9.17) is 0 Å². The first kappa shape index (κ1) is 38.3. The SMILES string of the molecule is CCC(CC)NC(=O)C[C@@H](C(=O)NC[C@@H](O)[C@H](Cc1ccccc1)NC(=O)[C@H](C(C)C)N(Cc1ccccc1)C(=O)O)C(C)(C)C. The zero-order chi connectivity index (χ0) is 34.4. The van der Waals surface area contributed by atoms with Crippen LogP contribution in [0.15, 0.2) is 60.7 Å². The van der Waals surface area contributed by atoms with Gasteiger partial charge in [0.2, 0.25) is 17.7 Å². The molecule has 46 heavy (non-hydrogen) atoms. The highest BCUT2D eigenvalue weighted by Gasteiger charge is 2.36. The molecule has 0 bridgehead atoms. The molecule has 0 aliphatic heterocycles. The van der Waals surface area contributed by atoms with E-state index in [9.17, 15) is 29.4 Å². The van der Waals surface area contributed by atoms with Crippen LogP contribution in [-0.2, 0) is 27.3 Å². The fourth-order valence-electron chi connectivity index (χ4n) is 5.52. The summed E-state index contributed by atoms with van der Waals surface area (Å²) in [6, 6.07) is 16.5. The van der Waals surface area contributed by atoms with Gasteiger partial charge in [-0.15, -0.1) is 0 Å². The molecule has 10 heteroatoms. The zero-order valence-electron chi connectivity index (χ0n) is 28.5. The van der Waals surface area contributed by atoms with E-state index in [1.54, 1.807) is 26.0 Å². The molecule has 0 spiro atoms. The van der Waals surface area contributed by atoms with Crippen molar-refractivity contribution in [2.24, 2.45) is 17.3 Å². The smallest absolute Gasteiger partial charge is 0.408 e. The van der Waals surface area contributed by atoms with Gasteiger partial charge in [0.05, 0.1) is 18.1 Å². The lowest BCUT2D eigenvalue weighted by molar-refractivity contribution is -0.134. The summed E-state index contributed by atoms with van der Waals surface area (Å²) in [5.41, 5.74) is 1.07. The molecule has 0 aliphatic carbocycles. The lowest BCUT2D eigenvalue weighted by Gasteiger charge is -2.34. The molecule has 2 aromatic carbocycles. The predicted octanol–water partition coefficient (Wildman–Crippen LogP) is 4.75. The second kappa shape index (κ2) is 18.3. The van der Waals surface area contributed by atoms with Gasteiger partial charge in [-0.1, -0.05) is 109 Å². The number of hydrogen-bond donors (Lipinski definition) is 5. The monoisotopic (exact) mass is 638 g/mol. The molecule has 254 valence electrons. The summed E-state index contributed by atoms with van der Waals surface area (Å²) in [5.74, 6) is -2.12. The van der Waals surface area contributed by atoms with E-state index in [0.717, 1.165) is 28.9 Å². The minimum absolute atomic E-state index is 0.00855. The second-order valence-corrected chi connectivity index (χ2v) is 13.4. The summed E-state index contributed by atoms with van der Waals surface area (Å²) in [6.45, 7) is 13.1. The number of carboxylic acid groups (broad SMARTS) is 1. The topological polar surface area (TPSA) is 148 Å². The van der Waals surface area contributed by atoms with E-state index < -0.39 is 41.5 Å². The normalized spacial score (nSPS) is 14.2. The second-order valence-electron chi connectivity index (χ2n) is 13.4. The molecular formula is C36H54N4O6. The molecular weight excluding hydrogens is 584 g/mol. The number of amides is 4. The van der Waals surface area contributed by atoms with Gasteiger partial charge in [0.1, 0.15) is 6.04 Å². The van der Waals surface area contributed by atoms with Crippen LogP contribution in [0.4, 0.5) is 4.79 Å². The number of benzene rings is 2. The molecule has 0 radical (unpaired) electrons. The number of aliphatic hydroxyl groups is 1. The van der Waals surface area contributed by atoms with Crippen molar-refractivity contribution in [1.29, 1.82) is 0 Å². The summed E-state index contributed by atoms with van der Waals surface area (Å²) in [6.07, 6.45) is -0.582. The lowest BCUT2D eigenvalue weighted by atomic mass is 9.78. The number of hydrogen-bond acceptors (Lipinski definition) is 5. The van der Waals surface area contributed by atoms with Gasteiger partial charge in [-0.25, -0.2) is 4.79 Å². The number of carbonyl (C=O) groups excluding carboxylic acids is 3. The summed E-state index contributed by atoms with van der Waals surface area (Å²) in [7, 11) is 0. The van der Waals surface area contributed by atoms with Gasteiger partial charge in [-0.3, -0.25) is 19.3 Å². The third-order valence-electron chi connectivity index (χ3n) is 8.36. The van der Waals surface area contributed by atoms with Gasteiger partial charge in [-0.2, -0.15) is 0 Å². The molecule has 0 saturated heterocycles. The first-order chi connectivity index (χ1) is 21.7. The fourth-order valence-corrected chi connectivity index (χ4v) is 5.52. The minimum Gasteiger partial charge on any atom is -0.465 e. The first-order valence-corrected chi connectivity index (χ1v) is 16.3. The third kappa shape index (κ3) is 12.1. The van der Waals surface area contributed by atoms with Gasteiger partial charge in [0.25, 0.3) is 0 Å². The van der Waals surface area contributed by atoms with Crippen LogP contribution in [0.5, 0.6) is 0 Å². The van der Waals surface area contributed by atoms with Crippen molar-refractivity contribution in [3.63, 3.8) is 0 Å². The van der Waals surface area contributed by atoms with Crippen LogP contribution in [0.1, 0.15) is 78.9 Å². The lowest BCUT2D eigenvalue weighted by Crippen LogP contribution is -2.57. The fraction of sp³-hybridized carbons (Fsp3) is 0.556. The van der Waals surface area contributed by atoms with Gasteiger partial charge in [0.15, 0.2) is 0 Å². The van der Waals surface area contributed by atoms with Crippen LogP contribution in [0.2, 0.25) is 0 Å². The maximum Gasteiger partial charge on any atom is 0.408 e. The van der Waals surface area contributed by atoms with Gasteiger partial charge < -0.3 is 26.2 Å². The Morgan fingerprint density at radius 1 is 0.826 bits per heavy atom. The molecule has 0 aliphatic rings. The van der Waals surface area contributed by atoms with Crippen LogP contribution in [0.3, 0.4) is 0 Å². The standard InChI is InChI=1S/C36H54N4O6/c1-8-27(9-2)38-31(42)21-28(36(5,6)7)33(43)37-22-30(41)29(20-25-16-12-10-13-17-25)39-34(44)32(24(3)4)40(35(45)46)23-26-18-14-11-15-19-26/h10-19,24,27-30,32,41H,8-9,20-23H2,1-7H3,(H,37,43)(H,38,42)(H,39,44)(H,45,46)/t28-,29-,30+,32-/m0/s1. The zero-order valence-corrected chi connectivity index (χ0v) is 28.5. The predicted molar refractivity (Wildman–Crippen MR) is 180 cm³/mol. The molecule has 0 unspecified atom stereocenters. The number of nitrogens with zero attached hydrogens (tertiary/aromatic N) is 1. The Labute approximate surface area is 274 Å². The van der Waals surface area contributed by atoms with Crippen molar-refractivity contribution in [2.45, 2.75) is 105 Å². The van der Waals surface area contributed by atoms with Crippen LogP contribution < -0.4 is 16.0 Å². The van der Waals surface area contributed by atoms with Gasteiger partial charge in [0, 0.05) is 25.6 Å². The summed E-state index contributed by atoms with van der Waals surface area (Å²) >= 11 is 0. The number of carbonyl (C=O) groups is 4. The Morgan fingerprint density at radius 2 is 1.37 bits per heavy atom. The van der Waals surface area contributed by atoms with E-state index in [0.29, 0.717) is 0 Å². The highest BCUT2D eigenvalue weighted by molar-refractivity contribution is 5.87. The van der Waals surface area contributed by atoms with Crippen LogP contribution in [0.25, 0.3) is 0 Å².